The van der Waals surface area contributed by atoms with Crippen LogP contribution in [0.3, 0.4) is 0 Å². The van der Waals surface area contributed by atoms with Crippen LogP contribution in [0.5, 0.6) is 0 Å². The van der Waals surface area contributed by atoms with Gasteiger partial charge in [0.1, 0.15) is 5.60 Å². The highest BCUT2D eigenvalue weighted by Crippen LogP contribution is 2.52. The predicted octanol–water partition coefficient (Wildman–Crippen LogP) is 6.18. The summed E-state index contributed by atoms with van der Waals surface area (Å²) in [5.74, 6) is 0.748. The standard InChI is InChI=1S/C26H49BN2O4Si2/c1-22(2,3)34(11,12)30-20-15-26(16-20,33-35(13,14)23(4,5)6)21-28-17-19(18-29-21)27-31-24(7,8)25(9,10)32-27/h17-18,20H,15-16H2,1-14H3. The Hall–Kier alpha value is -0.581. The van der Waals surface area contributed by atoms with Crippen LogP contribution in [0, 0.1) is 0 Å². The van der Waals surface area contributed by atoms with Crippen molar-refractivity contribution in [2.24, 2.45) is 0 Å². The van der Waals surface area contributed by atoms with Gasteiger partial charge in [0.15, 0.2) is 22.5 Å². The molecule has 0 spiro atoms. The maximum Gasteiger partial charge on any atom is 0.498 e. The van der Waals surface area contributed by atoms with Crippen molar-refractivity contribution < 1.29 is 18.2 Å². The maximum atomic E-state index is 7.06. The molecule has 2 aliphatic rings. The first-order chi connectivity index (χ1) is 15.5. The van der Waals surface area contributed by atoms with Crippen molar-refractivity contribution in [3.63, 3.8) is 0 Å². The van der Waals surface area contributed by atoms with Crippen molar-refractivity contribution in [3.05, 3.63) is 18.2 Å². The van der Waals surface area contributed by atoms with E-state index in [1.54, 1.807) is 0 Å². The van der Waals surface area contributed by atoms with Crippen molar-refractivity contribution in [3.8, 4) is 0 Å². The molecule has 2 heterocycles. The van der Waals surface area contributed by atoms with Gasteiger partial charge in [0.05, 0.1) is 17.3 Å². The summed E-state index contributed by atoms with van der Waals surface area (Å²) >= 11 is 0. The quantitative estimate of drug-likeness (QED) is 0.418. The topological polar surface area (TPSA) is 62.7 Å². The van der Waals surface area contributed by atoms with E-state index in [0.717, 1.165) is 24.1 Å². The summed E-state index contributed by atoms with van der Waals surface area (Å²) in [5, 5.41) is 0.264. The van der Waals surface area contributed by atoms with E-state index in [2.05, 4.69) is 95.4 Å². The zero-order valence-corrected chi connectivity index (χ0v) is 26.8. The molecular formula is C26H49BN2O4Si2. The SMILES string of the molecule is CC1(C)OB(c2cnc(C3(O[Si](C)(C)C(C)(C)C)CC(O[Si](C)(C)C(C)(C)C)C3)nc2)OC1(C)C. The molecule has 35 heavy (non-hydrogen) atoms. The van der Waals surface area contributed by atoms with E-state index in [4.69, 9.17) is 28.1 Å². The lowest BCUT2D eigenvalue weighted by molar-refractivity contribution is -0.108. The first kappa shape index (κ1) is 29.0. The molecule has 0 radical (unpaired) electrons. The van der Waals surface area contributed by atoms with E-state index in [1.807, 2.05) is 12.4 Å². The molecule has 198 valence electrons. The molecule has 1 saturated carbocycles. The van der Waals surface area contributed by atoms with Gasteiger partial charge >= 0.3 is 7.12 Å². The Morgan fingerprint density at radius 3 is 1.66 bits per heavy atom. The zero-order valence-electron chi connectivity index (χ0n) is 24.8. The molecular weight excluding hydrogens is 471 g/mol. The highest BCUT2D eigenvalue weighted by molar-refractivity contribution is 6.74. The molecule has 1 aliphatic heterocycles. The summed E-state index contributed by atoms with van der Waals surface area (Å²) in [6, 6.07) is 0. The molecule has 1 saturated heterocycles. The summed E-state index contributed by atoms with van der Waals surface area (Å²) in [5.41, 5.74) is -0.468. The van der Waals surface area contributed by atoms with Gasteiger partial charge in [0, 0.05) is 30.7 Å². The molecule has 0 bridgehead atoms. The van der Waals surface area contributed by atoms with Crippen LogP contribution in [0.4, 0.5) is 0 Å². The van der Waals surface area contributed by atoms with Crippen molar-refractivity contribution in [1.29, 1.82) is 0 Å². The number of aromatic nitrogens is 2. The number of hydrogen-bond acceptors (Lipinski definition) is 6. The van der Waals surface area contributed by atoms with Crippen LogP contribution >= 0.6 is 0 Å². The van der Waals surface area contributed by atoms with Crippen molar-refractivity contribution in [2.75, 3.05) is 0 Å². The van der Waals surface area contributed by atoms with E-state index >= 15 is 0 Å². The number of hydrogen-bond donors (Lipinski definition) is 0. The fraction of sp³-hybridized carbons (Fsp3) is 0.846. The van der Waals surface area contributed by atoms with E-state index < -0.39 is 40.6 Å². The minimum absolute atomic E-state index is 0.0913. The van der Waals surface area contributed by atoms with Gasteiger partial charge in [0.2, 0.25) is 0 Å². The van der Waals surface area contributed by atoms with Gasteiger partial charge in [0.25, 0.3) is 0 Å². The van der Waals surface area contributed by atoms with Gasteiger partial charge in [-0.3, -0.25) is 0 Å². The van der Waals surface area contributed by atoms with Crippen LogP contribution in [0.15, 0.2) is 12.4 Å². The maximum absolute atomic E-state index is 7.06. The number of rotatable bonds is 6. The summed E-state index contributed by atoms with van der Waals surface area (Å²) in [6.45, 7) is 31.1. The fourth-order valence-electron chi connectivity index (χ4n) is 3.98. The molecule has 6 nitrogen and oxygen atoms in total. The molecule has 2 fully saturated rings. The summed E-state index contributed by atoms with van der Waals surface area (Å²) in [7, 11) is -4.41. The van der Waals surface area contributed by atoms with Crippen LogP contribution in [-0.4, -0.2) is 51.0 Å². The Balaban J connectivity index is 1.86. The molecule has 1 aliphatic carbocycles. The first-order valence-corrected chi connectivity index (χ1v) is 18.9. The average Bonchev–Trinajstić information content (AvgIpc) is 2.85. The van der Waals surface area contributed by atoms with E-state index in [9.17, 15) is 0 Å². The second-order valence-electron chi connectivity index (χ2n) is 14.7. The Kier molecular flexibility index (Phi) is 7.23. The molecule has 3 rings (SSSR count). The third kappa shape index (κ3) is 5.50. The van der Waals surface area contributed by atoms with Crippen LogP contribution in [0.1, 0.15) is 87.9 Å². The van der Waals surface area contributed by atoms with E-state index in [-0.39, 0.29) is 16.2 Å². The van der Waals surface area contributed by atoms with Crippen molar-refractivity contribution in [1.82, 2.24) is 9.97 Å². The summed E-state index contributed by atoms with van der Waals surface area (Å²) in [6.07, 6.45) is 5.46. The second kappa shape index (κ2) is 8.73. The molecule has 1 aromatic rings. The normalized spacial score (nSPS) is 27.1. The van der Waals surface area contributed by atoms with Crippen LogP contribution in [-0.2, 0) is 23.8 Å². The zero-order chi connectivity index (χ0) is 26.9. The summed E-state index contributed by atoms with van der Waals surface area (Å²) in [4.78, 5) is 9.68. The first-order valence-electron chi connectivity index (χ1n) is 13.1. The molecule has 0 amide bonds. The van der Waals surface area contributed by atoms with Gasteiger partial charge in [-0.05, 0) is 64.0 Å². The predicted molar refractivity (Wildman–Crippen MR) is 149 cm³/mol. The largest absolute Gasteiger partial charge is 0.498 e. The van der Waals surface area contributed by atoms with E-state index in [0.29, 0.717) is 0 Å². The Bertz CT molecular complexity index is 899. The van der Waals surface area contributed by atoms with Gasteiger partial charge in [-0.1, -0.05) is 41.5 Å². The molecule has 0 aromatic carbocycles. The lowest BCUT2D eigenvalue weighted by Gasteiger charge is -2.54. The molecule has 0 atom stereocenters. The smallest absolute Gasteiger partial charge is 0.414 e. The van der Waals surface area contributed by atoms with Gasteiger partial charge < -0.3 is 18.2 Å². The highest BCUT2D eigenvalue weighted by Gasteiger charge is 2.57. The molecule has 0 unspecified atom stereocenters. The van der Waals surface area contributed by atoms with E-state index in [1.165, 1.54) is 0 Å². The third-order valence-electron chi connectivity index (χ3n) is 9.24. The number of nitrogens with zero attached hydrogens (tertiary/aromatic N) is 2. The lowest BCUT2D eigenvalue weighted by Crippen LogP contribution is -2.59. The monoisotopic (exact) mass is 520 g/mol. The Morgan fingerprint density at radius 1 is 0.829 bits per heavy atom. The Labute approximate surface area is 216 Å². The van der Waals surface area contributed by atoms with Gasteiger partial charge in [-0.15, -0.1) is 0 Å². The van der Waals surface area contributed by atoms with Crippen LogP contribution < -0.4 is 5.46 Å². The van der Waals surface area contributed by atoms with Gasteiger partial charge in [-0.25, -0.2) is 9.97 Å². The molecule has 1 aromatic heterocycles. The lowest BCUT2D eigenvalue weighted by atomic mass is 9.76. The van der Waals surface area contributed by atoms with Crippen LogP contribution in [0.25, 0.3) is 0 Å². The van der Waals surface area contributed by atoms with Crippen LogP contribution in [0.2, 0.25) is 36.3 Å². The van der Waals surface area contributed by atoms with Gasteiger partial charge in [-0.2, -0.15) is 0 Å². The average molecular weight is 521 g/mol. The Morgan fingerprint density at radius 2 is 1.26 bits per heavy atom. The second-order valence-corrected chi connectivity index (χ2v) is 24.2. The highest BCUT2D eigenvalue weighted by atomic mass is 28.4. The van der Waals surface area contributed by atoms with Crippen molar-refractivity contribution in [2.45, 2.75) is 141 Å². The summed E-state index contributed by atoms with van der Waals surface area (Å²) < 4.78 is 26.2. The minimum atomic E-state index is -2.07. The minimum Gasteiger partial charge on any atom is -0.414 e. The molecule has 0 N–H and O–H groups in total. The van der Waals surface area contributed by atoms with Crippen molar-refractivity contribution >= 4 is 29.2 Å². The fourth-order valence-corrected chi connectivity index (χ4v) is 6.87. The molecule has 9 heteroatoms. The third-order valence-corrected chi connectivity index (χ3v) is 18.3.